The number of pyridine rings is 1. The van der Waals surface area contributed by atoms with Gasteiger partial charge in [0.1, 0.15) is 5.76 Å². The maximum absolute atomic E-state index is 12.4. The quantitative estimate of drug-likeness (QED) is 0.706. The van der Waals surface area contributed by atoms with E-state index in [1.54, 1.807) is 48.7 Å². The minimum atomic E-state index is -0.366. The monoisotopic (exact) mass is 390 g/mol. The lowest BCUT2D eigenvalue weighted by molar-refractivity contribution is 0.0910. The van der Waals surface area contributed by atoms with Crippen molar-refractivity contribution in [1.82, 2.24) is 9.88 Å². The molecule has 0 aliphatic carbocycles. The second kappa shape index (κ2) is 7.81. The fraction of sp³-hybridized carbons (Fsp3) is 0.158. The van der Waals surface area contributed by atoms with E-state index in [2.05, 4.69) is 5.32 Å². The smallest absolute Gasteiger partial charge is 0.287 e. The Morgan fingerprint density at radius 2 is 2.00 bits per heavy atom. The van der Waals surface area contributed by atoms with Crippen LogP contribution in [0, 0.1) is 0 Å². The first-order valence-corrected chi connectivity index (χ1v) is 8.69. The summed E-state index contributed by atoms with van der Waals surface area (Å²) in [6.45, 7) is 2.08. The largest absolute Gasteiger partial charge is 0.454 e. The number of rotatable bonds is 5. The number of furan rings is 1. The molecule has 3 rings (SSSR count). The van der Waals surface area contributed by atoms with Gasteiger partial charge in [0.15, 0.2) is 5.76 Å². The van der Waals surface area contributed by atoms with Gasteiger partial charge in [-0.15, -0.1) is 0 Å². The molecular formula is C19H16Cl2N2O3. The summed E-state index contributed by atoms with van der Waals surface area (Å²) in [5.74, 6) is 0.316. The standard InChI is InChI=1S/C19H16Cl2N2O3/c1-12(15-7-5-13(20)10-16(15)21)22-19(25)17-8-6-14(26-17)11-23-9-3-2-4-18(23)24/h2-10,12H,11H2,1H3,(H,22,25). The average Bonchev–Trinajstić information content (AvgIpc) is 3.05. The van der Waals surface area contributed by atoms with Crippen molar-refractivity contribution in [1.29, 1.82) is 0 Å². The molecule has 0 bridgehead atoms. The van der Waals surface area contributed by atoms with Gasteiger partial charge in [-0.1, -0.05) is 35.3 Å². The van der Waals surface area contributed by atoms with Crippen LogP contribution in [0.2, 0.25) is 10.0 Å². The molecule has 1 amide bonds. The number of nitrogens with zero attached hydrogens (tertiary/aromatic N) is 1. The molecule has 2 heterocycles. The fourth-order valence-corrected chi connectivity index (χ4v) is 3.11. The third-order valence-electron chi connectivity index (χ3n) is 3.89. The minimum absolute atomic E-state index is 0.138. The van der Waals surface area contributed by atoms with Crippen LogP contribution in [-0.2, 0) is 6.54 Å². The molecule has 0 radical (unpaired) electrons. The number of benzene rings is 1. The maximum Gasteiger partial charge on any atom is 0.287 e. The van der Waals surface area contributed by atoms with Gasteiger partial charge in [-0.2, -0.15) is 0 Å². The first-order valence-electron chi connectivity index (χ1n) is 7.94. The van der Waals surface area contributed by atoms with Crippen molar-refractivity contribution in [3.8, 4) is 0 Å². The highest BCUT2D eigenvalue weighted by Crippen LogP contribution is 2.26. The summed E-state index contributed by atoms with van der Waals surface area (Å²) in [7, 11) is 0. The Labute approximate surface area is 160 Å². The highest BCUT2D eigenvalue weighted by atomic mass is 35.5. The predicted octanol–water partition coefficient (Wildman–Crippen LogP) is 4.29. The molecule has 0 fully saturated rings. The Kier molecular flexibility index (Phi) is 5.49. The van der Waals surface area contributed by atoms with E-state index in [1.165, 1.54) is 10.6 Å². The van der Waals surface area contributed by atoms with Crippen LogP contribution in [0.15, 0.2) is 63.9 Å². The van der Waals surface area contributed by atoms with Gasteiger partial charge in [0.2, 0.25) is 0 Å². The summed E-state index contributed by atoms with van der Waals surface area (Å²) >= 11 is 12.1. The zero-order valence-corrected chi connectivity index (χ0v) is 15.4. The molecule has 0 aliphatic heterocycles. The summed E-state index contributed by atoms with van der Waals surface area (Å²) < 4.78 is 7.06. The van der Waals surface area contributed by atoms with E-state index >= 15 is 0 Å². The number of hydrogen-bond acceptors (Lipinski definition) is 3. The van der Waals surface area contributed by atoms with Crippen molar-refractivity contribution in [3.63, 3.8) is 0 Å². The zero-order chi connectivity index (χ0) is 18.7. The summed E-state index contributed by atoms with van der Waals surface area (Å²) in [5, 5.41) is 3.84. The Hall–Kier alpha value is -2.50. The van der Waals surface area contributed by atoms with E-state index in [0.717, 1.165) is 5.56 Å². The van der Waals surface area contributed by atoms with Gasteiger partial charge in [0.25, 0.3) is 11.5 Å². The fourth-order valence-electron chi connectivity index (χ4n) is 2.54. The molecule has 1 atom stereocenters. The van der Waals surface area contributed by atoms with Gasteiger partial charge in [-0.3, -0.25) is 9.59 Å². The topological polar surface area (TPSA) is 64.2 Å². The van der Waals surface area contributed by atoms with Crippen molar-refractivity contribution in [2.75, 3.05) is 0 Å². The number of aromatic nitrogens is 1. The van der Waals surface area contributed by atoms with E-state index < -0.39 is 0 Å². The van der Waals surface area contributed by atoms with Gasteiger partial charge < -0.3 is 14.3 Å². The molecule has 26 heavy (non-hydrogen) atoms. The van der Waals surface area contributed by atoms with Crippen molar-refractivity contribution >= 4 is 29.1 Å². The lowest BCUT2D eigenvalue weighted by Gasteiger charge is -2.15. The summed E-state index contributed by atoms with van der Waals surface area (Å²) in [5.41, 5.74) is 0.618. The Morgan fingerprint density at radius 1 is 1.19 bits per heavy atom. The molecule has 0 saturated carbocycles. The van der Waals surface area contributed by atoms with Crippen LogP contribution in [0.4, 0.5) is 0 Å². The maximum atomic E-state index is 12.4. The predicted molar refractivity (Wildman–Crippen MR) is 101 cm³/mol. The minimum Gasteiger partial charge on any atom is -0.454 e. The molecule has 134 valence electrons. The van der Waals surface area contributed by atoms with Gasteiger partial charge in [-0.25, -0.2) is 0 Å². The number of nitrogens with one attached hydrogen (secondary N) is 1. The van der Waals surface area contributed by atoms with Crippen molar-refractivity contribution in [2.24, 2.45) is 0 Å². The molecule has 3 aromatic rings. The molecule has 1 aromatic carbocycles. The third kappa shape index (κ3) is 4.18. The summed E-state index contributed by atoms with van der Waals surface area (Å²) in [6.07, 6.45) is 1.66. The van der Waals surface area contributed by atoms with Crippen LogP contribution < -0.4 is 10.9 Å². The van der Waals surface area contributed by atoms with E-state index in [1.807, 2.05) is 6.92 Å². The van der Waals surface area contributed by atoms with Crippen LogP contribution in [0.5, 0.6) is 0 Å². The van der Waals surface area contributed by atoms with Crippen LogP contribution in [0.3, 0.4) is 0 Å². The number of carbonyl (C=O) groups is 1. The number of amides is 1. The number of carbonyl (C=O) groups excluding carboxylic acids is 1. The number of hydrogen-bond donors (Lipinski definition) is 1. The Balaban J connectivity index is 1.70. The molecule has 7 heteroatoms. The van der Waals surface area contributed by atoms with Crippen molar-refractivity contribution in [2.45, 2.75) is 19.5 Å². The lowest BCUT2D eigenvalue weighted by Crippen LogP contribution is -2.26. The van der Waals surface area contributed by atoms with E-state index in [0.29, 0.717) is 15.8 Å². The Bertz CT molecular complexity index is 994. The van der Waals surface area contributed by atoms with Crippen LogP contribution >= 0.6 is 23.2 Å². The molecule has 0 saturated heterocycles. The van der Waals surface area contributed by atoms with E-state index in [4.69, 9.17) is 27.6 Å². The molecule has 2 aromatic heterocycles. The molecule has 5 nitrogen and oxygen atoms in total. The van der Waals surface area contributed by atoms with Gasteiger partial charge >= 0.3 is 0 Å². The van der Waals surface area contributed by atoms with Crippen LogP contribution in [0.1, 0.15) is 34.8 Å². The molecular weight excluding hydrogens is 375 g/mol. The highest BCUT2D eigenvalue weighted by molar-refractivity contribution is 6.35. The van der Waals surface area contributed by atoms with Gasteiger partial charge in [-0.05, 0) is 42.8 Å². The average molecular weight is 391 g/mol. The first kappa shape index (κ1) is 18.3. The molecule has 0 aliphatic rings. The number of halogens is 2. The van der Waals surface area contributed by atoms with Crippen LogP contribution in [0.25, 0.3) is 0 Å². The normalized spacial score (nSPS) is 12.0. The summed E-state index contributed by atoms with van der Waals surface area (Å²) in [6, 6.07) is 12.9. The molecule has 1 N–H and O–H groups in total. The van der Waals surface area contributed by atoms with Crippen molar-refractivity contribution < 1.29 is 9.21 Å². The van der Waals surface area contributed by atoms with Gasteiger partial charge in [0.05, 0.1) is 12.6 Å². The first-order chi connectivity index (χ1) is 12.4. The molecule has 0 spiro atoms. The zero-order valence-electron chi connectivity index (χ0n) is 13.9. The second-order valence-electron chi connectivity index (χ2n) is 5.79. The van der Waals surface area contributed by atoms with E-state index in [-0.39, 0.29) is 29.8 Å². The Morgan fingerprint density at radius 3 is 2.73 bits per heavy atom. The summed E-state index contributed by atoms with van der Waals surface area (Å²) in [4.78, 5) is 24.1. The van der Waals surface area contributed by atoms with Gasteiger partial charge in [0, 0.05) is 22.3 Å². The third-order valence-corrected chi connectivity index (χ3v) is 4.45. The van der Waals surface area contributed by atoms with Crippen molar-refractivity contribution in [3.05, 3.63) is 92.2 Å². The molecule has 1 unspecified atom stereocenters. The lowest BCUT2D eigenvalue weighted by atomic mass is 10.1. The SMILES string of the molecule is CC(NC(=O)c1ccc(Cn2ccccc2=O)o1)c1ccc(Cl)cc1Cl. The second-order valence-corrected chi connectivity index (χ2v) is 6.64. The van der Waals surface area contributed by atoms with E-state index in [9.17, 15) is 9.59 Å². The van der Waals surface area contributed by atoms with Crippen LogP contribution in [-0.4, -0.2) is 10.5 Å². The highest BCUT2D eigenvalue weighted by Gasteiger charge is 2.17.